The van der Waals surface area contributed by atoms with Gasteiger partial charge < -0.3 is 4.90 Å². The van der Waals surface area contributed by atoms with Crippen molar-refractivity contribution in [3.8, 4) is 0 Å². The predicted octanol–water partition coefficient (Wildman–Crippen LogP) is 1.36. The van der Waals surface area contributed by atoms with Gasteiger partial charge in [-0.05, 0) is 30.7 Å². The summed E-state index contributed by atoms with van der Waals surface area (Å²) in [5.41, 5.74) is 7.02. The summed E-state index contributed by atoms with van der Waals surface area (Å²) in [6.45, 7) is 5.22. The van der Waals surface area contributed by atoms with Crippen molar-refractivity contribution >= 4 is 27.5 Å². The van der Waals surface area contributed by atoms with Crippen LogP contribution in [0.25, 0.3) is 0 Å². The molecule has 1 unspecified atom stereocenters. The summed E-state index contributed by atoms with van der Waals surface area (Å²) < 4.78 is 28.0. The lowest BCUT2D eigenvalue weighted by molar-refractivity contribution is -0.127. The molecular weight excluding hydrogens is 402 g/mol. The first kappa shape index (κ1) is 20.4. The average molecular weight is 428 g/mol. The third kappa shape index (κ3) is 4.03. The largest absolute Gasteiger partial charge is 0.369 e. The molecule has 1 fully saturated rings. The molecule has 2 N–H and O–H groups in total. The van der Waals surface area contributed by atoms with Crippen molar-refractivity contribution in [3.63, 3.8) is 0 Å². The number of nitrogens with one attached hydrogen (secondary N) is 2. The number of carbonyl (C=O) groups excluding carboxylic acids is 1. The number of sulfonamides is 1. The molecule has 0 saturated carbocycles. The number of fused-ring (bicyclic) bond motifs is 1. The van der Waals surface area contributed by atoms with E-state index in [0.29, 0.717) is 12.0 Å². The molecule has 2 heterocycles. The third-order valence-corrected chi connectivity index (χ3v) is 6.84. The van der Waals surface area contributed by atoms with Gasteiger partial charge in [0, 0.05) is 37.4 Å². The fraction of sp³-hybridized carbons (Fsp3) is 0.333. The highest BCUT2D eigenvalue weighted by atomic mass is 32.2. The molecule has 30 heavy (non-hydrogen) atoms. The topological polar surface area (TPSA) is 94.1 Å². The second-order valence-electron chi connectivity index (χ2n) is 7.31. The van der Waals surface area contributed by atoms with E-state index in [0.717, 1.165) is 26.2 Å². The van der Waals surface area contributed by atoms with E-state index in [1.54, 1.807) is 18.2 Å². The van der Waals surface area contributed by atoms with Gasteiger partial charge in [-0.2, -0.15) is 8.42 Å². The van der Waals surface area contributed by atoms with Crippen LogP contribution < -0.4 is 15.8 Å². The van der Waals surface area contributed by atoms with Gasteiger partial charge in [0.05, 0.1) is 6.04 Å². The molecule has 1 amide bonds. The summed E-state index contributed by atoms with van der Waals surface area (Å²) in [7, 11) is -3.72. The number of piperazine rings is 1. The number of benzene rings is 2. The summed E-state index contributed by atoms with van der Waals surface area (Å²) in [6, 6.07) is 16.5. The second-order valence-corrected chi connectivity index (χ2v) is 8.88. The van der Waals surface area contributed by atoms with Gasteiger partial charge in [-0.1, -0.05) is 37.3 Å². The van der Waals surface area contributed by atoms with Crippen LogP contribution in [-0.4, -0.2) is 57.3 Å². The summed E-state index contributed by atoms with van der Waals surface area (Å²) in [6.07, 6.45) is 0.653. The number of hydrogen-bond donors (Lipinski definition) is 2. The third-order valence-electron chi connectivity index (χ3n) is 5.50. The van der Waals surface area contributed by atoms with Crippen molar-refractivity contribution < 1.29 is 13.2 Å². The Hall–Kier alpha value is -2.91. The number of para-hydroxylation sites is 1. The Balaban J connectivity index is 1.36. The van der Waals surface area contributed by atoms with E-state index in [1.807, 2.05) is 25.1 Å². The average Bonchev–Trinajstić information content (AvgIpc) is 3.04. The van der Waals surface area contributed by atoms with Gasteiger partial charge in [0.1, 0.15) is 4.90 Å². The number of carbonyl (C=O) groups is 1. The van der Waals surface area contributed by atoms with Crippen LogP contribution in [0.5, 0.6) is 0 Å². The Bertz CT molecular complexity index is 1050. The van der Waals surface area contributed by atoms with Gasteiger partial charge in [-0.3, -0.25) is 20.5 Å². The van der Waals surface area contributed by atoms with E-state index in [-0.39, 0.29) is 22.7 Å². The fourth-order valence-electron chi connectivity index (χ4n) is 3.94. The second kappa shape index (κ2) is 8.45. The number of hydrogen-bond acceptors (Lipinski definition) is 6. The zero-order valence-electron chi connectivity index (χ0n) is 16.8. The standard InChI is InChI=1S/C21H25N5O3S/c1-2-18(26-14-12-25(13-15-26)16-8-4-3-5-9-16)21(27)23-22-20-17-10-6-7-11-19(17)30(28,29)24-20/h3-11,18H,2,12-15H2,1H3,(H,22,24)(H,23,27). The lowest BCUT2D eigenvalue weighted by Crippen LogP contribution is -2.57. The van der Waals surface area contributed by atoms with Crippen molar-refractivity contribution in [1.29, 1.82) is 0 Å². The smallest absolute Gasteiger partial charge is 0.285 e. The van der Waals surface area contributed by atoms with E-state index in [1.165, 1.54) is 11.8 Å². The van der Waals surface area contributed by atoms with Crippen LogP contribution in [0.1, 0.15) is 18.9 Å². The zero-order valence-corrected chi connectivity index (χ0v) is 17.6. The Labute approximate surface area is 176 Å². The maximum atomic E-state index is 12.8. The number of amides is 1. The molecule has 0 aromatic heterocycles. The van der Waals surface area contributed by atoms with Crippen LogP contribution in [0.15, 0.2) is 63.9 Å². The van der Waals surface area contributed by atoms with Crippen molar-refractivity contribution in [3.05, 3.63) is 60.2 Å². The number of amidine groups is 1. The van der Waals surface area contributed by atoms with Crippen molar-refractivity contribution in [2.24, 2.45) is 4.40 Å². The molecule has 0 radical (unpaired) electrons. The first-order valence-corrected chi connectivity index (χ1v) is 11.5. The van der Waals surface area contributed by atoms with E-state index in [9.17, 15) is 13.2 Å². The van der Waals surface area contributed by atoms with Gasteiger partial charge in [0.15, 0.2) is 5.84 Å². The van der Waals surface area contributed by atoms with Crippen LogP contribution >= 0.6 is 0 Å². The molecule has 8 nitrogen and oxygen atoms in total. The predicted molar refractivity (Wildman–Crippen MR) is 116 cm³/mol. The molecule has 9 heteroatoms. The van der Waals surface area contributed by atoms with Crippen molar-refractivity contribution in [2.45, 2.75) is 24.3 Å². The van der Waals surface area contributed by atoms with Crippen LogP contribution in [0.2, 0.25) is 0 Å². The minimum Gasteiger partial charge on any atom is -0.369 e. The van der Waals surface area contributed by atoms with E-state index in [4.69, 9.17) is 0 Å². The van der Waals surface area contributed by atoms with Gasteiger partial charge in [0.25, 0.3) is 15.9 Å². The summed E-state index contributed by atoms with van der Waals surface area (Å²) in [4.78, 5) is 17.4. The first-order chi connectivity index (χ1) is 14.5. The Morgan fingerprint density at radius 3 is 2.40 bits per heavy atom. The maximum absolute atomic E-state index is 12.8. The molecule has 2 aromatic carbocycles. The SMILES string of the molecule is CCC(C(=O)NNC1=NS(=O)(=O)c2ccccc21)N1CCN(c2ccccc2)CC1. The van der Waals surface area contributed by atoms with Crippen LogP contribution in [0.3, 0.4) is 0 Å². The molecule has 0 aliphatic carbocycles. The molecular formula is C21H25N5O3S. The lowest BCUT2D eigenvalue weighted by atomic mass is 10.1. The minimum absolute atomic E-state index is 0.141. The summed E-state index contributed by atoms with van der Waals surface area (Å²) >= 11 is 0. The van der Waals surface area contributed by atoms with Crippen molar-refractivity contribution in [2.75, 3.05) is 31.1 Å². The number of anilines is 1. The van der Waals surface area contributed by atoms with Gasteiger partial charge in [-0.15, -0.1) is 4.40 Å². The van der Waals surface area contributed by atoms with Crippen LogP contribution in [0.4, 0.5) is 5.69 Å². The quantitative estimate of drug-likeness (QED) is 0.716. The number of rotatable bonds is 4. The molecule has 158 valence electrons. The molecule has 2 aliphatic heterocycles. The van der Waals surface area contributed by atoms with E-state index < -0.39 is 10.0 Å². The fourth-order valence-corrected chi connectivity index (χ4v) is 5.12. The normalized spacial score (nSPS) is 19.0. The molecule has 0 spiro atoms. The van der Waals surface area contributed by atoms with Gasteiger partial charge >= 0.3 is 0 Å². The lowest BCUT2D eigenvalue weighted by Gasteiger charge is -2.39. The molecule has 1 atom stereocenters. The minimum atomic E-state index is -3.72. The molecule has 2 aliphatic rings. The molecule has 0 bridgehead atoms. The van der Waals surface area contributed by atoms with Crippen LogP contribution in [0, 0.1) is 0 Å². The summed E-state index contributed by atoms with van der Waals surface area (Å²) in [5.74, 6) is -0.0576. The zero-order chi connectivity index (χ0) is 21.1. The van der Waals surface area contributed by atoms with Gasteiger partial charge in [-0.25, -0.2) is 0 Å². The van der Waals surface area contributed by atoms with E-state index >= 15 is 0 Å². The van der Waals surface area contributed by atoms with Gasteiger partial charge in [0.2, 0.25) is 0 Å². The maximum Gasteiger partial charge on any atom is 0.285 e. The summed E-state index contributed by atoms with van der Waals surface area (Å²) in [5, 5.41) is 0. The van der Waals surface area contributed by atoms with Crippen molar-refractivity contribution in [1.82, 2.24) is 15.8 Å². The highest BCUT2D eigenvalue weighted by molar-refractivity contribution is 7.90. The van der Waals surface area contributed by atoms with E-state index in [2.05, 4.69) is 37.2 Å². The Morgan fingerprint density at radius 1 is 1.03 bits per heavy atom. The molecule has 1 saturated heterocycles. The Morgan fingerprint density at radius 2 is 1.70 bits per heavy atom. The first-order valence-electron chi connectivity index (χ1n) is 10.0. The Kier molecular flexibility index (Phi) is 5.74. The molecule has 2 aromatic rings. The highest BCUT2D eigenvalue weighted by Gasteiger charge is 2.31. The highest BCUT2D eigenvalue weighted by Crippen LogP contribution is 2.24. The number of hydrazine groups is 1. The number of nitrogens with zero attached hydrogens (tertiary/aromatic N) is 3. The van der Waals surface area contributed by atoms with Crippen LogP contribution in [-0.2, 0) is 14.8 Å². The monoisotopic (exact) mass is 427 g/mol. The molecule has 4 rings (SSSR count).